The molecule has 114 valence electrons. The van der Waals surface area contributed by atoms with Gasteiger partial charge in [0.1, 0.15) is 0 Å². The molecule has 2 amide bonds. The zero-order valence-corrected chi connectivity index (χ0v) is 14.6. The van der Waals surface area contributed by atoms with Gasteiger partial charge in [-0.05, 0) is 53.9 Å². The minimum atomic E-state index is -0.780. The summed E-state index contributed by atoms with van der Waals surface area (Å²) in [6, 6.07) is 5.22. The van der Waals surface area contributed by atoms with Crippen LogP contribution in [0.15, 0.2) is 27.1 Å². The van der Waals surface area contributed by atoms with Crippen molar-refractivity contribution in [3.8, 4) is 0 Å². The van der Waals surface area contributed by atoms with Crippen molar-refractivity contribution in [3.05, 3.63) is 27.1 Å². The molecule has 2 rings (SSSR count). The quantitative estimate of drug-likeness (QED) is 0.762. The SMILES string of the molecule is CC1CC(C(=O)O)CCN1C(=O)Nc1ccc(Br)cc1Br. The monoisotopic (exact) mass is 418 g/mol. The van der Waals surface area contributed by atoms with E-state index in [4.69, 9.17) is 5.11 Å². The van der Waals surface area contributed by atoms with Crippen molar-refractivity contribution < 1.29 is 14.7 Å². The zero-order chi connectivity index (χ0) is 15.6. The number of benzene rings is 1. The van der Waals surface area contributed by atoms with Gasteiger partial charge in [0.2, 0.25) is 0 Å². The number of carbonyl (C=O) groups is 2. The lowest BCUT2D eigenvalue weighted by Crippen LogP contribution is -2.47. The van der Waals surface area contributed by atoms with Crippen LogP contribution in [0.25, 0.3) is 0 Å². The second kappa shape index (κ2) is 6.79. The molecule has 1 aromatic rings. The number of carbonyl (C=O) groups excluding carboxylic acids is 1. The first-order chi connectivity index (χ1) is 9.88. The largest absolute Gasteiger partial charge is 0.481 e. The van der Waals surface area contributed by atoms with Gasteiger partial charge >= 0.3 is 12.0 Å². The first-order valence-electron chi connectivity index (χ1n) is 6.64. The van der Waals surface area contributed by atoms with E-state index >= 15 is 0 Å². The number of nitrogens with one attached hydrogen (secondary N) is 1. The maximum atomic E-state index is 12.3. The number of piperidine rings is 1. The Labute approximate surface area is 140 Å². The van der Waals surface area contributed by atoms with Crippen LogP contribution < -0.4 is 5.32 Å². The summed E-state index contributed by atoms with van der Waals surface area (Å²) in [5, 5.41) is 11.9. The smallest absolute Gasteiger partial charge is 0.322 e. The number of likely N-dealkylation sites (tertiary alicyclic amines) is 1. The van der Waals surface area contributed by atoms with Gasteiger partial charge in [0, 0.05) is 21.5 Å². The second-order valence-corrected chi connectivity index (χ2v) is 6.93. The molecule has 0 radical (unpaired) electrons. The lowest BCUT2D eigenvalue weighted by Gasteiger charge is -2.36. The van der Waals surface area contributed by atoms with E-state index in [0.29, 0.717) is 25.1 Å². The number of nitrogens with zero attached hydrogens (tertiary/aromatic N) is 1. The van der Waals surface area contributed by atoms with Gasteiger partial charge in [0.05, 0.1) is 11.6 Å². The molecule has 0 aliphatic carbocycles. The third-order valence-corrected chi connectivity index (χ3v) is 4.81. The predicted molar refractivity (Wildman–Crippen MR) is 87.4 cm³/mol. The van der Waals surface area contributed by atoms with Crippen LogP contribution in [0.5, 0.6) is 0 Å². The standard InChI is InChI=1S/C14H16Br2N2O3/c1-8-6-9(13(19)20)4-5-18(8)14(21)17-12-3-2-10(15)7-11(12)16/h2-3,7-9H,4-6H2,1H3,(H,17,21)(H,19,20). The molecule has 1 aliphatic heterocycles. The highest BCUT2D eigenvalue weighted by Crippen LogP contribution is 2.28. The summed E-state index contributed by atoms with van der Waals surface area (Å²) in [6.45, 7) is 2.34. The summed E-state index contributed by atoms with van der Waals surface area (Å²) in [6.07, 6.45) is 0.985. The molecule has 0 spiro atoms. The van der Waals surface area contributed by atoms with Crippen molar-refractivity contribution in [1.29, 1.82) is 0 Å². The summed E-state index contributed by atoms with van der Waals surface area (Å²) in [5.74, 6) is -1.14. The number of hydrogen-bond acceptors (Lipinski definition) is 2. The molecule has 1 heterocycles. The Balaban J connectivity index is 2.02. The topological polar surface area (TPSA) is 69.6 Å². The minimum absolute atomic E-state index is 0.0888. The van der Waals surface area contributed by atoms with E-state index in [1.165, 1.54) is 0 Å². The molecule has 0 aromatic heterocycles. The third kappa shape index (κ3) is 3.97. The number of halogens is 2. The molecule has 1 aromatic carbocycles. The zero-order valence-electron chi connectivity index (χ0n) is 11.5. The van der Waals surface area contributed by atoms with Gasteiger partial charge in [-0.3, -0.25) is 4.79 Å². The van der Waals surface area contributed by atoms with Gasteiger partial charge in [0.25, 0.3) is 0 Å². The van der Waals surface area contributed by atoms with Crippen molar-refractivity contribution in [2.75, 3.05) is 11.9 Å². The summed E-state index contributed by atoms with van der Waals surface area (Å²) in [7, 11) is 0. The maximum Gasteiger partial charge on any atom is 0.322 e. The summed E-state index contributed by atoms with van der Waals surface area (Å²) >= 11 is 6.76. The number of anilines is 1. The van der Waals surface area contributed by atoms with Crippen molar-refractivity contribution in [2.45, 2.75) is 25.8 Å². The number of urea groups is 1. The first-order valence-corrected chi connectivity index (χ1v) is 8.22. The van der Waals surface area contributed by atoms with Crippen LogP contribution in [0.1, 0.15) is 19.8 Å². The summed E-state index contributed by atoms with van der Waals surface area (Å²) in [4.78, 5) is 25.0. The van der Waals surface area contributed by atoms with E-state index in [1.54, 1.807) is 11.0 Å². The van der Waals surface area contributed by atoms with Crippen LogP contribution in [0.2, 0.25) is 0 Å². The highest BCUT2D eigenvalue weighted by Gasteiger charge is 2.32. The minimum Gasteiger partial charge on any atom is -0.481 e. The number of carboxylic acids is 1. The second-order valence-electron chi connectivity index (χ2n) is 5.16. The highest BCUT2D eigenvalue weighted by atomic mass is 79.9. The Kier molecular flexibility index (Phi) is 5.27. The molecule has 0 saturated carbocycles. The number of hydrogen-bond donors (Lipinski definition) is 2. The molecule has 1 fully saturated rings. The molecule has 7 heteroatoms. The van der Waals surface area contributed by atoms with Crippen molar-refractivity contribution in [3.63, 3.8) is 0 Å². The van der Waals surface area contributed by atoms with E-state index in [2.05, 4.69) is 37.2 Å². The predicted octanol–water partition coefficient (Wildman–Crippen LogP) is 3.93. The lowest BCUT2D eigenvalue weighted by molar-refractivity contribution is -0.143. The Hall–Kier alpha value is -1.08. The number of carboxylic acid groups (broad SMARTS) is 1. The first kappa shape index (κ1) is 16.3. The Morgan fingerprint density at radius 1 is 1.38 bits per heavy atom. The van der Waals surface area contributed by atoms with Gasteiger partial charge in [-0.25, -0.2) is 4.79 Å². The third-order valence-electron chi connectivity index (χ3n) is 3.66. The van der Waals surface area contributed by atoms with Gasteiger partial charge < -0.3 is 15.3 Å². The fourth-order valence-electron chi connectivity index (χ4n) is 2.48. The van der Waals surface area contributed by atoms with Gasteiger partial charge in [0.15, 0.2) is 0 Å². The van der Waals surface area contributed by atoms with Crippen molar-refractivity contribution in [2.24, 2.45) is 5.92 Å². The average molecular weight is 420 g/mol. The summed E-state index contributed by atoms with van der Waals surface area (Å²) in [5.41, 5.74) is 0.691. The normalized spacial score (nSPS) is 22.0. The van der Waals surface area contributed by atoms with Gasteiger partial charge in [-0.1, -0.05) is 15.9 Å². The van der Waals surface area contributed by atoms with E-state index in [0.717, 1.165) is 8.95 Å². The van der Waals surface area contributed by atoms with Crippen LogP contribution in [-0.4, -0.2) is 34.6 Å². The molecular weight excluding hydrogens is 404 g/mol. The van der Waals surface area contributed by atoms with Crippen molar-refractivity contribution >= 4 is 49.5 Å². The number of amides is 2. The molecule has 2 atom stereocenters. The molecule has 1 saturated heterocycles. The molecular formula is C14H16Br2N2O3. The molecule has 1 aliphatic rings. The molecule has 0 bridgehead atoms. The number of rotatable bonds is 2. The van der Waals surface area contributed by atoms with E-state index in [-0.39, 0.29) is 18.0 Å². The average Bonchev–Trinajstić information content (AvgIpc) is 2.41. The van der Waals surface area contributed by atoms with E-state index < -0.39 is 5.97 Å². The van der Waals surface area contributed by atoms with Gasteiger partial charge in [-0.15, -0.1) is 0 Å². The molecule has 5 nitrogen and oxygen atoms in total. The van der Waals surface area contributed by atoms with Crippen molar-refractivity contribution in [1.82, 2.24) is 4.90 Å². The van der Waals surface area contributed by atoms with E-state index in [1.807, 2.05) is 19.1 Å². The Morgan fingerprint density at radius 3 is 2.67 bits per heavy atom. The lowest BCUT2D eigenvalue weighted by atomic mass is 9.92. The van der Waals surface area contributed by atoms with Crippen LogP contribution in [0.4, 0.5) is 10.5 Å². The fourth-order valence-corrected chi connectivity index (χ4v) is 3.62. The Morgan fingerprint density at radius 2 is 2.10 bits per heavy atom. The maximum absolute atomic E-state index is 12.3. The number of aliphatic carboxylic acids is 1. The van der Waals surface area contributed by atoms with Gasteiger partial charge in [-0.2, -0.15) is 0 Å². The van der Waals surface area contributed by atoms with Crippen LogP contribution >= 0.6 is 31.9 Å². The van der Waals surface area contributed by atoms with E-state index in [9.17, 15) is 9.59 Å². The highest BCUT2D eigenvalue weighted by molar-refractivity contribution is 9.11. The molecule has 2 unspecified atom stereocenters. The summed E-state index contributed by atoms with van der Waals surface area (Å²) < 4.78 is 1.71. The Bertz CT molecular complexity index is 565. The van der Waals surface area contributed by atoms with Crippen LogP contribution in [0.3, 0.4) is 0 Å². The fraction of sp³-hybridized carbons (Fsp3) is 0.429. The molecule has 21 heavy (non-hydrogen) atoms. The van der Waals surface area contributed by atoms with Crippen LogP contribution in [-0.2, 0) is 4.79 Å². The van der Waals surface area contributed by atoms with Crippen LogP contribution in [0, 0.1) is 5.92 Å². The molecule has 2 N–H and O–H groups in total.